The van der Waals surface area contributed by atoms with Gasteiger partial charge >= 0.3 is 5.97 Å². The van der Waals surface area contributed by atoms with Crippen molar-refractivity contribution in [2.45, 2.75) is 32.9 Å². The van der Waals surface area contributed by atoms with Crippen LogP contribution in [0.4, 0.5) is 4.39 Å². The molecule has 1 N–H and O–H groups in total. The molecule has 0 saturated carbocycles. The van der Waals surface area contributed by atoms with Gasteiger partial charge in [0.15, 0.2) is 0 Å². The molecular weight excluding hydrogens is 221 g/mol. The monoisotopic (exact) mass is 239 g/mol. The minimum Gasteiger partial charge on any atom is -0.468 e. The summed E-state index contributed by atoms with van der Waals surface area (Å²) >= 11 is 0. The summed E-state index contributed by atoms with van der Waals surface area (Å²) in [7, 11) is 1.36. The highest BCUT2D eigenvalue weighted by atomic mass is 19.1. The van der Waals surface area contributed by atoms with Crippen LogP contribution in [0.5, 0.6) is 0 Å². The van der Waals surface area contributed by atoms with Gasteiger partial charge < -0.3 is 4.74 Å². The lowest BCUT2D eigenvalue weighted by atomic mass is 10.0. The number of carbonyl (C=O) groups is 1. The van der Waals surface area contributed by atoms with Gasteiger partial charge in [-0.3, -0.25) is 10.1 Å². The molecule has 0 fully saturated rings. The van der Waals surface area contributed by atoms with Crippen molar-refractivity contribution in [2.24, 2.45) is 0 Å². The van der Waals surface area contributed by atoms with Gasteiger partial charge in [0.25, 0.3) is 0 Å². The first-order valence-corrected chi connectivity index (χ1v) is 5.45. The van der Waals surface area contributed by atoms with Gasteiger partial charge in [0.2, 0.25) is 0 Å². The summed E-state index contributed by atoms with van der Waals surface area (Å²) in [6.45, 7) is 5.83. The number of ether oxygens (including phenoxy) is 1. The zero-order valence-electron chi connectivity index (χ0n) is 10.6. The topological polar surface area (TPSA) is 38.3 Å². The van der Waals surface area contributed by atoms with E-state index in [1.54, 1.807) is 19.9 Å². The molecule has 1 rings (SSSR count). The van der Waals surface area contributed by atoms with E-state index in [0.717, 1.165) is 11.1 Å². The highest BCUT2D eigenvalue weighted by Gasteiger charge is 2.27. The molecule has 0 saturated heterocycles. The number of aryl methyl sites for hydroxylation is 1. The van der Waals surface area contributed by atoms with Crippen molar-refractivity contribution < 1.29 is 13.9 Å². The number of hydrogen-bond acceptors (Lipinski definition) is 3. The Bertz CT molecular complexity index is 416. The Morgan fingerprint density at radius 2 is 2.12 bits per heavy atom. The van der Waals surface area contributed by atoms with Gasteiger partial charge in [-0.05, 0) is 44.0 Å². The Hall–Kier alpha value is -1.42. The molecule has 0 bridgehead atoms. The van der Waals surface area contributed by atoms with Gasteiger partial charge in [0.05, 0.1) is 7.11 Å². The van der Waals surface area contributed by atoms with Crippen LogP contribution in [0.25, 0.3) is 0 Å². The summed E-state index contributed by atoms with van der Waals surface area (Å²) in [6, 6.07) is 4.60. The predicted octanol–water partition coefficient (Wildman–Crippen LogP) is 2.18. The molecule has 3 nitrogen and oxygen atoms in total. The molecule has 17 heavy (non-hydrogen) atoms. The Balaban J connectivity index is 2.70. The number of nitrogens with one attached hydrogen (secondary N) is 1. The summed E-state index contributed by atoms with van der Waals surface area (Å²) in [6.07, 6.45) is 0. The summed E-state index contributed by atoms with van der Waals surface area (Å²) < 4.78 is 17.6. The minimum absolute atomic E-state index is 0.251. The van der Waals surface area contributed by atoms with Crippen LogP contribution >= 0.6 is 0 Å². The lowest BCUT2D eigenvalue weighted by molar-refractivity contribution is -0.147. The Labute approximate surface area is 101 Å². The molecule has 1 aromatic rings. The number of esters is 1. The third-order valence-electron chi connectivity index (χ3n) is 2.72. The predicted molar refractivity (Wildman–Crippen MR) is 64.1 cm³/mol. The zero-order chi connectivity index (χ0) is 13.1. The maximum Gasteiger partial charge on any atom is 0.325 e. The first kappa shape index (κ1) is 13.6. The Kier molecular flexibility index (Phi) is 4.23. The Morgan fingerprint density at radius 1 is 1.47 bits per heavy atom. The van der Waals surface area contributed by atoms with E-state index in [1.165, 1.54) is 19.2 Å². The Morgan fingerprint density at radius 3 is 2.65 bits per heavy atom. The highest BCUT2D eigenvalue weighted by Crippen LogP contribution is 2.12. The average molecular weight is 239 g/mol. The van der Waals surface area contributed by atoms with Gasteiger partial charge in [-0.15, -0.1) is 0 Å². The van der Waals surface area contributed by atoms with Crippen LogP contribution < -0.4 is 5.32 Å². The number of hydrogen-bond donors (Lipinski definition) is 1. The third kappa shape index (κ3) is 3.53. The van der Waals surface area contributed by atoms with Gasteiger partial charge in [-0.1, -0.05) is 6.07 Å². The summed E-state index contributed by atoms with van der Waals surface area (Å²) in [5.74, 6) is -0.573. The van der Waals surface area contributed by atoms with Gasteiger partial charge in [-0.2, -0.15) is 0 Å². The molecule has 0 aliphatic rings. The first-order valence-electron chi connectivity index (χ1n) is 5.45. The number of benzene rings is 1. The fraction of sp³-hybridized carbons (Fsp3) is 0.462. The second-order valence-corrected chi connectivity index (χ2v) is 4.54. The smallest absolute Gasteiger partial charge is 0.325 e. The SMILES string of the molecule is COC(=O)C(C)(C)NCc1ccc(F)cc1C. The molecule has 0 radical (unpaired) electrons. The van der Waals surface area contributed by atoms with Crippen molar-refractivity contribution in [1.82, 2.24) is 5.32 Å². The molecule has 94 valence electrons. The van der Waals surface area contributed by atoms with Crippen molar-refractivity contribution in [3.8, 4) is 0 Å². The largest absolute Gasteiger partial charge is 0.468 e. The maximum atomic E-state index is 12.9. The molecule has 1 aromatic carbocycles. The van der Waals surface area contributed by atoms with Crippen LogP contribution in [0.15, 0.2) is 18.2 Å². The van der Waals surface area contributed by atoms with E-state index in [-0.39, 0.29) is 11.8 Å². The molecule has 4 heteroatoms. The number of methoxy groups -OCH3 is 1. The van der Waals surface area contributed by atoms with Gasteiger partial charge in [-0.25, -0.2) is 4.39 Å². The van der Waals surface area contributed by atoms with Crippen LogP contribution in [0.2, 0.25) is 0 Å². The van der Waals surface area contributed by atoms with Crippen molar-refractivity contribution in [2.75, 3.05) is 7.11 Å². The molecular formula is C13H18FNO2. The van der Waals surface area contributed by atoms with E-state index < -0.39 is 5.54 Å². The van der Waals surface area contributed by atoms with Crippen LogP contribution in [-0.4, -0.2) is 18.6 Å². The number of carbonyl (C=O) groups excluding carboxylic acids is 1. The third-order valence-corrected chi connectivity index (χ3v) is 2.72. The summed E-state index contributed by atoms with van der Waals surface area (Å²) in [4.78, 5) is 11.4. The fourth-order valence-electron chi connectivity index (χ4n) is 1.50. The molecule has 0 amide bonds. The van der Waals surface area contributed by atoms with E-state index >= 15 is 0 Å². The van der Waals surface area contributed by atoms with E-state index in [1.807, 2.05) is 6.92 Å². The lowest BCUT2D eigenvalue weighted by Crippen LogP contribution is -2.47. The average Bonchev–Trinajstić information content (AvgIpc) is 2.26. The van der Waals surface area contributed by atoms with Crippen molar-refractivity contribution in [3.63, 3.8) is 0 Å². The molecule has 0 aliphatic carbocycles. The summed E-state index contributed by atoms with van der Waals surface area (Å²) in [5.41, 5.74) is 1.07. The molecule has 0 spiro atoms. The van der Waals surface area contributed by atoms with Crippen LogP contribution in [0.3, 0.4) is 0 Å². The molecule has 0 aliphatic heterocycles. The van der Waals surface area contributed by atoms with Gasteiger partial charge in [0, 0.05) is 6.54 Å². The van der Waals surface area contributed by atoms with Crippen molar-refractivity contribution in [3.05, 3.63) is 35.1 Å². The molecule has 0 aromatic heterocycles. The quantitative estimate of drug-likeness (QED) is 0.818. The lowest BCUT2D eigenvalue weighted by Gasteiger charge is -2.23. The highest BCUT2D eigenvalue weighted by molar-refractivity contribution is 5.79. The van der Waals surface area contributed by atoms with E-state index in [4.69, 9.17) is 4.74 Å². The van der Waals surface area contributed by atoms with Crippen molar-refractivity contribution in [1.29, 1.82) is 0 Å². The second-order valence-electron chi connectivity index (χ2n) is 4.54. The fourth-order valence-corrected chi connectivity index (χ4v) is 1.50. The van der Waals surface area contributed by atoms with Gasteiger partial charge in [0.1, 0.15) is 11.4 Å². The maximum absolute atomic E-state index is 12.9. The normalized spacial score (nSPS) is 11.4. The van der Waals surface area contributed by atoms with Crippen LogP contribution in [0, 0.1) is 12.7 Å². The van der Waals surface area contributed by atoms with E-state index in [0.29, 0.717) is 6.54 Å². The minimum atomic E-state index is -0.754. The second kappa shape index (κ2) is 5.27. The molecule has 0 unspecified atom stereocenters. The molecule has 0 heterocycles. The molecule has 0 atom stereocenters. The van der Waals surface area contributed by atoms with E-state index in [9.17, 15) is 9.18 Å². The van der Waals surface area contributed by atoms with Crippen LogP contribution in [0.1, 0.15) is 25.0 Å². The van der Waals surface area contributed by atoms with Crippen LogP contribution in [-0.2, 0) is 16.1 Å². The standard InChI is InChI=1S/C13H18FNO2/c1-9-7-11(14)6-5-10(9)8-15-13(2,3)12(16)17-4/h5-7,15H,8H2,1-4H3. The van der Waals surface area contributed by atoms with Crippen molar-refractivity contribution >= 4 is 5.97 Å². The summed E-state index contributed by atoms with van der Waals surface area (Å²) in [5, 5.41) is 3.09. The number of halogens is 1. The number of rotatable bonds is 4. The van der Waals surface area contributed by atoms with E-state index in [2.05, 4.69) is 5.32 Å². The first-order chi connectivity index (χ1) is 7.86. The zero-order valence-corrected chi connectivity index (χ0v) is 10.6.